The van der Waals surface area contributed by atoms with Crippen molar-refractivity contribution in [1.29, 1.82) is 0 Å². The average molecular weight is 244 g/mol. The van der Waals surface area contributed by atoms with E-state index in [0.29, 0.717) is 0 Å². The molecule has 1 heterocycles. The zero-order valence-corrected chi connectivity index (χ0v) is 10.2. The number of rotatable bonds is 3. The largest absolute Gasteiger partial charge is 0.478 e. The van der Waals surface area contributed by atoms with Gasteiger partial charge in [-0.2, -0.15) is 0 Å². The minimum absolute atomic E-state index is 0.919. The van der Waals surface area contributed by atoms with Crippen LogP contribution in [0.2, 0.25) is 0 Å². The van der Waals surface area contributed by atoms with Crippen molar-refractivity contribution in [2.24, 2.45) is 0 Å². The van der Waals surface area contributed by atoms with E-state index in [-0.39, 0.29) is 0 Å². The molecular formula is C14H12O2S. The molecule has 0 saturated carbocycles. The summed E-state index contributed by atoms with van der Waals surface area (Å²) in [6.45, 7) is 2.04. The third kappa shape index (κ3) is 2.82. The number of benzene rings is 1. The summed E-state index contributed by atoms with van der Waals surface area (Å²) in [5.41, 5.74) is 2.34. The van der Waals surface area contributed by atoms with Crippen LogP contribution >= 0.6 is 11.3 Å². The van der Waals surface area contributed by atoms with Crippen molar-refractivity contribution in [3.05, 3.63) is 52.9 Å². The van der Waals surface area contributed by atoms with E-state index in [2.05, 4.69) is 12.1 Å². The van der Waals surface area contributed by atoms with Gasteiger partial charge in [-0.25, -0.2) is 4.79 Å². The highest BCUT2D eigenvalue weighted by atomic mass is 32.1. The Hall–Kier alpha value is -1.87. The van der Waals surface area contributed by atoms with Crippen LogP contribution in [0.3, 0.4) is 0 Å². The van der Waals surface area contributed by atoms with Gasteiger partial charge in [0.2, 0.25) is 0 Å². The zero-order chi connectivity index (χ0) is 12.3. The number of carboxylic acids is 1. The van der Waals surface area contributed by atoms with Crippen molar-refractivity contribution >= 4 is 23.4 Å². The molecule has 86 valence electrons. The van der Waals surface area contributed by atoms with Gasteiger partial charge in [0.05, 0.1) is 0 Å². The third-order valence-electron chi connectivity index (χ3n) is 2.36. The van der Waals surface area contributed by atoms with Crippen LogP contribution in [0.25, 0.3) is 16.5 Å². The van der Waals surface area contributed by atoms with Crippen molar-refractivity contribution < 1.29 is 9.90 Å². The highest BCUT2D eigenvalue weighted by Gasteiger charge is 2.05. The zero-order valence-electron chi connectivity index (χ0n) is 9.38. The summed E-state index contributed by atoms with van der Waals surface area (Å²) in [6.07, 6.45) is 2.80. The van der Waals surface area contributed by atoms with Crippen LogP contribution in [0.4, 0.5) is 0 Å². The van der Waals surface area contributed by atoms with Gasteiger partial charge < -0.3 is 5.11 Å². The summed E-state index contributed by atoms with van der Waals surface area (Å²) in [6, 6.07) is 12.1. The molecule has 0 fully saturated rings. The monoisotopic (exact) mass is 244 g/mol. The van der Waals surface area contributed by atoms with Gasteiger partial charge in [0.15, 0.2) is 0 Å². The molecule has 0 bridgehead atoms. The molecule has 3 heteroatoms. The molecule has 1 N–H and O–H groups in total. The van der Waals surface area contributed by atoms with Crippen LogP contribution in [0.5, 0.6) is 0 Å². The number of thiophene rings is 1. The smallest absolute Gasteiger partial charge is 0.328 e. The van der Waals surface area contributed by atoms with E-state index in [1.165, 1.54) is 22.1 Å². The van der Waals surface area contributed by atoms with Crippen molar-refractivity contribution in [2.75, 3.05) is 0 Å². The fourth-order valence-electron chi connectivity index (χ4n) is 1.62. The molecule has 0 radical (unpaired) electrons. The maximum Gasteiger partial charge on any atom is 0.328 e. The Morgan fingerprint density at radius 3 is 2.65 bits per heavy atom. The Kier molecular flexibility index (Phi) is 3.40. The molecule has 0 aliphatic heterocycles. The van der Waals surface area contributed by atoms with Gasteiger partial charge in [0, 0.05) is 15.8 Å². The second kappa shape index (κ2) is 4.97. The van der Waals surface area contributed by atoms with Crippen LogP contribution in [-0.4, -0.2) is 11.1 Å². The Labute approximate surface area is 104 Å². The Balaban J connectivity index is 2.35. The van der Waals surface area contributed by atoms with E-state index in [9.17, 15) is 4.79 Å². The van der Waals surface area contributed by atoms with Crippen molar-refractivity contribution in [3.8, 4) is 10.4 Å². The first kappa shape index (κ1) is 11.6. The molecule has 0 aliphatic rings. The second-order valence-corrected chi connectivity index (χ2v) is 4.78. The van der Waals surface area contributed by atoms with Gasteiger partial charge in [-0.3, -0.25) is 0 Å². The maximum absolute atomic E-state index is 10.5. The first-order chi connectivity index (χ1) is 8.16. The van der Waals surface area contributed by atoms with Crippen LogP contribution in [0.1, 0.15) is 10.4 Å². The molecular weight excluding hydrogens is 232 g/mol. The van der Waals surface area contributed by atoms with Crippen LogP contribution in [0, 0.1) is 6.92 Å². The van der Waals surface area contributed by atoms with Gasteiger partial charge in [0.1, 0.15) is 0 Å². The lowest BCUT2D eigenvalue weighted by Gasteiger charge is -1.97. The van der Waals surface area contributed by atoms with Gasteiger partial charge in [-0.15, -0.1) is 11.3 Å². The fraction of sp³-hybridized carbons (Fsp3) is 0.0714. The molecule has 2 aromatic rings. The number of hydrogen-bond donors (Lipinski definition) is 1. The van der Waals surface area contributed by atoms with Crippen molar-refractivity contribution in [3.63, 3.8) is 0 Å². The quantitative estimate of drug-likeness (QED) is 0.833. The van der Waals surface area contributed by atoms with Crippen LogP contribution in [0.15, 0.2) is 42.5 Å². The number of carbonyl (C=O) groups is 1. The summed E-state index contributed by atoms with van der Waals surface area (Å²) >= 11 is 1.60. The van der Waals surface area contributed by atoms with Gasteiger partial charge in [-0.1, -0.05) is 30.3 Å². The molecule has 1 aromatic heterocycles. The number of aliphatic carboxylic acids is 1. The summed E-state index contributed by atoms with van der Waals surface area (Å²) < 4.78 is 0. The Bertz CT molecular complexity index is 553. The summed E-state index contributed by atoms with van der Waals surface area (Å²) in [5.74, 6) is -0.919. The van der Waals surface area contributed by atoms with Gasteiger partial charge in [-0.05, 0) is 30.2 Å². The summed E-state index contributed by atoms with van der Waals surface area (Å²) in [4.78, 5) is 12.6. The highest BCUT2D eigenvalue weighted by molar-refractivity contribution is 7.16. The lowest BCUT2D eigenvalue weighted by atomic mass is 10.1. The molecule has 17 heavy (non-hydrogen) atoms. The molecule has 2 rings (SSSR count). The molecule has 0 atom stereocenters. The highest BCUT2D eigenvalue weighted by Crippen LogP contribution is 2.32. The predicted octanol–water partition coefficient (Wildman–Crippen LogP) is 3.82. The molecule has 0 saturated heterocycles. The van der Waals surface area contributed by atoms with E-state index in [0.717, 1.165) is 4.88 Å². The van der Waals surface area contributed by atoms with E-state index in [1.807, 2.05) is 31.2 Å². The number of carboxylic acid groups (broad SMARTS) is 1. The third-order valence-corrected chi connectivity index (χ3v) is 3.61. The van der Waals surface area contributed by atoms with Crippen LogP contribution in [-0.2, 0) is 4.79 Å². The molecule has 1 aromatic carbocycles. The molecule has 2 nitrogen and oxygen atoms in total. The standard InChI is InChI=1S/C14H12O2S/c1-10-9-12(7-8-13(15)16)17-14(10)11-5-3-2-4-6-11/h2-9H,1H3,(H,15,16). The second-order valence-electron chi connectivity index (χ2n) is 3.70. The topological polar surface area (TPSA) is 37.3 Å². The normalized spacial score (nSPS) is 10.9. The molecule has 0 spiro atoms. The lowest BCUT2D eigenvalue weighted by Crippen LogP contribution is -1.84. The van der Waals surface area contributed by atoms with E-state index < -0.39 is 5.97 Å². The summed E-state index contributed by atoms with van der Waals surface area (Å²) in [5, 5.41) is 8.59. The number of hydrogen-bond acceptors (Lipinski definition) is 2. The first-order valence-electron chi connectivity index (χ1n) is 5.23. The molecule has 0 amide bonds. The lowest BCUT2D eigenvalue weighted by molar-refractivity contribution is -0.131. The maximum atomic E-state index is 10.5. The van der Waals surface area contributed by atoms with E-state index in [4.69, 9.17) is 5.11 Å². The van der Waals surface area contributed by atoms with Crippen molar-refractivity contribution in [2.45, 2.75) is 6.92 Å². The Morgan fingerprint density at radius 1 is 1.29 bits per heavy atom. The number of aryl methyl sites for hydroxylation is 1. The first-order valence-corrected chi connectivity index (χ1v) is 6.05. The minimum atomic E-state index is -0.919. The van der Waals surface area contributed by atoms with Gasteiger partial charge in [0.25, 0.3) is 0 Å². The van der Waals surface area contributed by atoms with Crippen molar-refractivity contribution in [1.82, 2.24) is 0 Å². The predicted molar refractivity (Wildman–Crippen MR) is 71.2 cm³/mol. The van der Waals surface area contributed by atoms with E-state index >= 15 is 0 Å². The minimum Gasteiger partial charge on any atom is -0.478 e. The average Bonchev–Trinajstić information content (AvgIpc) is 2.69. The Morgan fingerprint density at radius 2 is 2.00 bits per heavy atom. The van der Waals surface area contributed by atoms with Crippen LogP contribution < -0.4 is 0 Å². The molecule has 0 unspecified atom stereocenters. The van der Waals surface area contributed by atoms with E-state index in [1.54, 1.807) is 17.4 Å². The SMILES string of the molecule is Cc1cc(C=CC(=O)O)sc1-c1ccccc1. The fourth-order valence-corrected chi connectivity index (χ4v) is 2.70. The molecule has 0 aliphatic carbocycles. The van der Waals surface area contributed by atoms with Gasteiger partial charge >= 0.3 is 5.97 Å². The summed E-state index contributed by atoms with van der Waals surface area (Å²) in [7, 11) is 0.